The predicted octanol–water partition coefficient (Wildman–Crippen LogP) is 5.35. The van der Waals surface area contributed by atoms with E-state index in [2.05, 4.69) is 20.8 Å². The van der Waals surface area contributed by atoms with Crippen LogP contribution in [-0.2, 0) is 9.53 Å². The Morgan fingerprint density at radius 2 is 1.70 bits per heavy atom. The summed E-state index contributed by atoms with van der Waals surface area (Å²) in [5.74, 6) is 1.73. The van der Waals surface area contributed by atoms with Gasteiger partial charge in [-0.1, -0.05) is 59.3 Å². The maximum atomic E-state index is 12.1. The number of esters is 1. The highest BCUT2D eigenvalue weighted by Crippen LogP contribution is 2.31. The van der Waals surface area contributed by atoms with Crippen LogP contribution in [0.25, 0.3) is 0 Å². The van der Waals surface area contributed by atoms with Gasteiger partial charge >= 0.3 is 5.97 Å². The van der Waals surface area contributed by atoms with E-state index in [1.165, 1.54) is 38.5 Å². The summed E-state index contributed by atoms with van der Waals surface area (Å²) in [5.41, 5.74) is 0. The largest absolute Gasteiger partial charge is 0.465 e. The topological polar surface area (TPSA) is 26.3 Å². The van der Waals surface area contributed by atoms with Gasteiger partial charge in [-0.05, 0) is 37.5 Å². The van der Waals surface area contributed by atoms with E-state index in [1.807, 2.05) is 0 Å². The molecule has 0 radical (unpaired) electrons. The second kappa shape index (κ2) is 10.2. The van der Waals surface area contributed by atoms with Crippen LogP contribution in [-0.4, -0.2) is 12.6 Å². The van der Waals surface area contributed by atoms with E-state index in [-0.39, 0.29) is 11.9 Å². The molecule has 2 heteroatoms. The van der Waals surface area contributed by atoms with Crippen molar-refractivity contribution in [3.8, 4) is 0 Å². The van der Waals surface area contributed by atoms with Crippen LogP contribution in [0.1, 0.15) is 85.0 Å². The summed E-state index contributed by atoms with van der Waals surface area (Å²) in [6, 6.07) is 0. The fraction of sp³-hybridized carbons (Fsp3) is 0.944. The molecule has 2 nitrogen and oxygen atoms in total. The van der Waals surface area contributed by atoms with E-state index >= 15 is 0 Å². The average molecular weight is 282 g/mol. The molecule has 0 aromatic rings. The number of ether oxygens (including phenoxy) is 1. The zero-order valence-electron chi connectivity index (χ0n) is 13.8. The predicted molar refractivity (Wildman–Crippen MR) is 84.6 cm³/mol. The monoisotopic (exact) mass is 282 g/mol. The van der Waals surface area contributed by atoms with Crippen molar-refractivity contribution in [1.29, 1.82) is 0 Å². The Morgan fingerprint density at radius 3 is 2.25 bits per heavy atom. The third-order valence-electron chi connectivity index (χ3n) is 4.86. The first-order valence-electron chi connectivity index (χ1n) is 8.87. The average Bonchev–Trinajstić information content (AvgIpc) is 2.47. The molecule has 0 aromatic carbocycles. The molecular weight excluding hydrogens is 248 g/mol. The number of hydrogen-bond acceptors (Lipinski definition) is 2. The lowest BCUT2D eigenvalue weighted by Gasteiger charge is -2.28. The van der Waals surface area contributed by atoms with Gasteiger partial charge in [0.05, 0.1) is 12.5 Å². The highest BCUT2D eigenvalue weighted by atomic mass is 16.5. The minimum Gasteiger partial charge on any atom is -0.465 e. The van der Waals surface area contributed by atoms with Gasteiger partial charge in [0, 0.05) is 0 Å². The molecule has 0 bridgehead atoms. The number of unbranched alkanes of at least 4 members (excludes halogenated alkanes) is 1. The van der Waals surface area contributed by atoms with E-state index in [4.69, 9.17) is 4.74 Å². The van der Waals surface area contributed by atoms with Crippen molar-refractivity contribution in [1.82, 2.24) is 0 Å². The zero-order chi connectivity index (χ0) is 14.8. The summed E-state index contributed by atoms with van der Waals surface area (Å²) in [5, 5.41) is 0. The molecule has 0 N–H and O–H groups in total. The second-order valence-corrected chi connectivity index (χ2v) is 6.55. The van der Waals surface area contributed by atoms with Gasteiger partial charge in [0.2, 0.25) is 0 Å². The number of hydrogen-bond donors (Lipinski definition) is 0. The Bertz CT molecular complexity index is 254. The fourth-order valence-electron chi connectivity index (χ4n) is 3.35. The third-order valence-corrected chi connectivity index (χ3v) is 4.86. The first-order valence-corrected chi connectivity index (χ1v) is 8.87. The summed E-state index contributed by atoms with van der Waals surface area (Å²) >= 11 is 0. The van der Waals surface area contributed by atoms with Crippen LogP contribution in [0.5, 0.6) is 0 Å². The number of carbonyl (C=O) groups is 1. The van der Waals surface area contributed by atoms with Gasteiger partial charge in [0.25, 0.3) is 0 Å². The summed E-state index contributed by atoms with van der Waals surface area (Å²) < 4.78 is 5.59. The summed E-state index contributed by atoms with van der Waals surface area (Å²) in [6.45, 7) is 7.21. The van der Waals surface area contributed by atoms with Crippen molar-refractivity contribution in [3.05, 3.63) is 0 Å². The van der Waals surface area contributed by atoms with Crippen molar-refractivity contribution >= 4 is 5.97 Å². The third kappa shape index (κ3) is 6.28. The van der Waals surface area contributed by atoms with Crippen LogP contribution >= 0.6 is 0 Å². The second-order valence-electron chi connectivity index (χ2n) is 6.55. The minimum atomic E-state index is 0.0524. The molecule has 118 valence electrons. The zero-order valence-corrected chi connectivity index (χ0v) is 13.8. The molecular formula is C18H34O2. The normalized spacial score (nSPS) is 24.4. The standard InChI is InChI=1S/C18H34O2/c1-4-7-9-17(6-3)18(19)20-14-16-12-10-15(8-5-2)11-13-16/h15-17H,4-14H2,1-3H3. The van der Waals surface area contributed by atoms with E-state index < -0.39 is 0 Å². The maximum Gasteiger partial charge on any atom is 0.308 e. The van der Waals surface area contributed by atoms with Crippen LogP contribution in [0, 0.1) is 17.8 Å². The van der Waals surface area contributed by atoms with Gasteiger partial charge < -0.3 is 4.74 Å². The molecule has 20 heavy (non-hydrogen) atoms. The van der Waals surface area contributed by atoms with Crippen LogP contribution in [0.4, 0.5) is 0 Å². The molecule has 1 atom stereocenters. The molecule has 0 saturated heterocycles. The molecule has 0 spiro atoms. The Balaban J connectivity index is 2.20. The Hall–Kier alpha value is -0.530. The Morgan fingerprint density at radius 1 is 1.05 bits per heavy atom. The Kier molecular flexibility index (Phi) is 8.97. The van der Waals surface area contributed by atoms with Crippen LogP contribution < -0.4 is 0 Å². The first-order chi connectivity index (χ1) is 9.71. The molecule has 1 unspecified atom stereocenters. The summed E-state index contributed by atoms with van der Waals surface area (Å²) in [6.07, 6.45) is 12.1. The van der Waals surface area contributed by atoms with Gasteiger partial charge in [-0.2, -0.15) is 0 Å². The Labute approximate surface area is 125 Å². The molecule has 1 fully saturated rings. The lowest BCUT2D eigenvalue weighted by Crippen LogP contribution is -2.24. The lowest BCUT2D eigenvalue weighted by atomic mass is 9.80. The van der Waals surface area contributed by atoms with E-state index in [1.54, 1.807) is 0 Å². The molecule has 1 saturated carbocycles. The number of rotatable bonds is 9. The van der Waals surface area contributed by atoms with Crippen LogP contribution in [0.2, 0.25) is 0 Å². The van der Waals surface area contributed by atoms with Crippen molar-refractivity contribution in [2.45, 2.75) is 85.0 Å². The van der Waals surface area contributed by atoms with E-state index in [0.717, 1.165) is 31.6 Å². The highest BCUT2D eigenvalue weighted by molar-refractivity contribution is 5.72. The fourth-order valence-corrected chi connectivity index (χ4v) is 3.35. The van der Waals surface area contributed by atoms with Gasteiger partial charge in [-0.15, -0.1) is 0 Å². The maximum absolute atomic E-state index is 12.1. The smallest absolute Gasteiger partial charge is 0.308 e. The van der Waals surface area contributed by atoms with Crippen molar-refractivity contribution in [2.75, 3.05) is 6.61 Å². The summed E-state index contributed by atoms with van der Waals surface area (Å²) in [7, 11) is 0. The molecule has 1 aliphatic rings. The molecule has 0 amide bonds. The van der Waals surface area contributed by atoms with Crippen molar-refractivity contribution in [3.63, 3.8) is 0 Å². The van der Waals surface area contributed by atoms with Crippen LogP contribution in [0.15, 0.2) is 0 Å². The quantitative estimate of drug-likeness (QED) is 0.533. The van der Waals surface area contributed by atoms with Gasteiger partial charge in [-0.3, -0.25) is 4.79 Å². The molecule has 0 aliphatic heterocycles. The SMILES string of the molecule is CCCCC(CC)C(=O)OCC1CCC(CCC)CC1. The molecule has 1 rings (SSSR count). The minimum absolute atomic E-state index is 0.0524. The van der Waals surface area contributed by atoms with E-state index in [9.17, 15) is 4.79 Å². The molecule has 0 aromatic heterocycles. The molecule has 0 heterocycles. The van der Waals surface area contributed by atoms with E-state index in [0.29, 0.717) is 12.5 Å². The first kappa shape index (κ1) is 17.5. The van der Waals surface area contributed by atoms with Gasteiger partial charge in [0.1, 0.15) is 0 Å². The van der Waals surface area contributed by atoms with Gasteiger partial charge in [0.15, 0.2) is 0 Å². The van der Waals surface area contributed by atoms with Crippen LogP contribution in [0.3, 0.4) is 0 Å². The number of carbonyl (C=O) groups excluding carboxylic acids is 1. The van der Waals surface area contributed by atoms with Crippen molar-refractivity contribution in [2.24, 2.45) is 17.8 Å². The van der Waals surface area contributed by atoms with Crippen molar-refractivity contribution < 1.29 is 9.53 Å². The highest BCUT2D eigenvalue weighted by Gasteiger charge is 2.23. The lowest BCUT2D eigenvalue weighted by molar-refractivity contribution is -0.150. The molecule has 1 aliphatic carbocycles. The summed E-state index contributed by atoms with van der Waals surface area (Å²) in [4.78, 5) is 12.1. The van der Waals surface area contributed by atoms with Gasteiger partial charge in [-0.25, -0.2) is 0 Å².